The van der Waals surface area contributed by atoms with E-state index in [2.05, 4.69) is 0 Å². The quantitative estimate of drug-likeness (QED) is 0.694. The van der Waals surface area contributed by atoms with Gasteiger partial charge in [0.2, 0.25) is 0 Å². The normalized spacial score (nSPS) is 10.6. The van der Waals surface area contributed by atoms with Gasteiger partial charge in [-0.05, 0) is 18.2 Å². The number of primary amides is 1. The maximum atomic E-state index is 11.0. The van der Waals surface area contributed by atoms with E-state index in [4.69, 9.17) is 23.1 Å². The van der Waals surface area contributed by atoms with Crippen LogP contribution in [0.4, 0.5) is 10.5 Å². The Morgan fingerprint density at radius 1 is 1.43 bits per heavy atom. The summed E-state index contributed by atoms with van der Waals surface area (Å²) in [5.41, 5.74) is 12.0. The van der Waals surface area contributed by atoms with E-state index >= 15 is 0 Å². The molecule has 0 saturated carbocycles. The highest BCUT2D eigenvalue weighted by atomic mass is 35.5. The number of anilines is 1. The number of aromatic nitrogens is 1. The highest BCUT2D eigenvalue weighted by molar-refractivity contribution is 6.31. The Bertz CT molecular complexity index is 518. The highest BCUT2D eigenvalue weighted by Gasteiger charge is 2.09. The molecule has 4 N–H and O–H groups in total. The van der Waals surface area contributed by atoms with Crippen LogP contribution in [-0.4, -0.2) is 10.6 Å². The summed E-state index contributed by atoms with van der Waals surface area (Å²) in [6.45, 7) is 0. The van der Waals surface area contributed by atoms with Crippen LogP contribution >= 0.6 is 11.6 Å². The first-order valence-electron chi connectivity index (χ1n) is 3.95. The second-order valence-corrected chi connectivity index (χ2v) is 3.39. The lowest BCUT2D eigenvalue weighted by molar-refractivity contribution is 0.251. The predicted octanol–water partition coefficient (Wildman–Crippen LogP) is 1.80. The fourth-order valence-corrected chi connectivity index (χ4v) is 1.58. The van der Waals surface area contributed by atoms with Gasteiger partial charge < -0.3 is 11.5 Å². The van der Waals surface area contributed by atoms with Crippen molar-refractivity contribution in [3.8, 4) is 0 Å². The van der Waals surface area contributed by atoms with E-state index in [1.165, 1.54) is 10.8 Å². The molecule has 5 heteroatoms. The lowest BCUT2D eigenvalue weighted by Crippen LogP contribution is -2.18. The molecule has 0 bridgehead atoms. The van der Waals surface area contributed by atoms with Gasteiger partial charge in [0.15, 0.2) is 0 Å². The molecule has 1 amide bonds. The van der Waals surface area contributed by atoms with Gasteiger partial charge >= 0.3 is 6.03 Å². The third-order valence-corrected chi connectivity index (χ3v) is 2.27. The first kappa shape index (κ1) is 8.90. The van der Waals surface area contributed by atoms with Crippen molar-refractivity contribution in [1.82, 2.24) is 4.57 Å². The molecule has 1 aromatic carbocycles. The van der Waals surface area contributed by atoms with Gasteiger partial charge in [0.25, 0.3) is 0 Å². The highest BCUT2D eigenvalue weighted by Crippen LogP contribution is 2.25. The lowest BCUT2D eigenvalue weighted by atomic mass is 10.2. The molecule has 0 aliphatic heterocycles. The van der Waals surface area contributed by atoms with Crippen molar-refractivity contribution < 1.29 is 4.79 Å². The van der Waals surface area contributed by atoms with Gasteiger partial charge in [-0.15, -0.1) is 0 Å². The number of hydrogen-bond donors (Lipinski definition) is 2. The number of hydrogen-bond acceptors (Lipinski definition) is 2. The summed E-state index contributed by atoms with van der Waals surface area (Å²) in [5.74, 6) is 0. The van der Waals surface area contributed by atoms with Gasteiger partial charge in [0, 0.05) is 16.6 Å². The van der Waals surface area contributed by atoms with Crippen LogP contribution in [0.25, 0.3) is 10.9 Å². The number of benzene rings is 1. The third-order valence-electron chi connectivity index (χ3n) is 2.04. The van der Waals surface area contributed by atoms with Crippen molar-refractivity contribution in [2.75, 3.05) is 5.73 Å². The molecule has 4 nitrogen and oxygen atoms in total. The number of nitrogen functional groups attached to an aromatic ring is 1. The average molecular weight is 210 g/mol. The Labute approximate surface area is 85.0 Å². The summed E-state index contributed by atoms with van der Waals surface area (Å²) in [7, 11) is 0. The molecule has 0 spiro atoms. The van der Waals surface area contributed by atoms with Crippen LogP contribution in [-0.2, 0) is 0 Å². The summed E-state index contributed by atoms with van der Waals surface area (Å²) in [6, 6.07) is 4.55. The topological polar surface area (TPSA) is 74.0 Å². The van der Waals surface area contributed by atoms with E-state index in [-0.39, 0.29) is 0 Å². The zero-order valence-electron chi connectivity index (χ0n) is 7.20. The molecule has 0 aliphatic carbocycles. The largest absolute Gasteiger partial charge is 0.397 e. The molecule has 0 radical (unpaired) electrons. The molecule has 2 aromatic rings. The Morgan fingerprint density at radius 2 is 2.14 bits per heavy atom. The minimum atomic E-state index is -0.575. The SMILES string of the molecule is NC(=O)n1cc(N)c2ccc(Cl)cc21. The Morgan fingerprint density at radius 3 is 2.79 bits per heavy atom. The van der Waals surface area contributed by atoms with E-state index in [1.54, 1.807) is 18.2 Å². The van der Waals surface area contributed by atoms with Crippen molar-refractivity contribution in [3.63, 3.8) is 0 Å². The molecule has 0 fully saturated rings. The number of amides is 1. The first-order chi connectivity index (χ1) is 6.59. The number of carbonyl (C=O) groups excluding carboxylic acids is 1. The van der Waals surface area contributed by atoms with Gasteiger partial charge in [-0.25, -0.2) is 4.79 Å². The van der Waals surface area contributed by atoms with Crippen molar-refractivity contribution >= 4 is 34.2 Å². The second-order valence-electron chi connectivity index (χ2n) is 2.95. The fourth-order valence-electron chi connectivity index (χ4n) is 1.41. The predicted molar refractivity (Wildman–Crippen MR) is 56.3 cm³/mol. The average Bonchev–Trinajstić information content (AvgIpc) is 2.43. The number of nitrogens with zero attached hydrogens (tertiary/aromatic N) is 1. The van der Waals surface area contributed by atoms with Crippen LogP contribution < -0.4 is 11.5 Å². The van der Waals surface area contributed by atoms with E-state index in [1.807, 2.05) is 0 Å². The number of rotatable bonds is 0. The van der Waals surface area contributed by atoms with Gasteiger partial charge in [0.05, 0.1) is 11.2 Å². The summed E-state index contributed by atoms with van der Waals surface area (Å²) < 4.78 is 1.27. The van der Waals surface area contributed by atoms with Crippen molar-refractivity contribution in [1.29, 1.82) is 0 Å². The van der Waals surface area contributed by atoms with Gasteiger partial charge in [-0.2, -0.15) is 0 Å². The standard InChI is InChI=1S/C9H8ClN3O/c10-5-1-2-6-7(11)4-13(9(12)14)8(6)3-5/h1-4H,11H2,(H2,12,14). The molecule has 14 heavy (non-hydrogen) atoms. The van der Waals surface area contributed by atoms with E-state index in [9.17, 15) is 4.79 Å². The molecular weight excluding hydrogens is 202 g/mol. The summed E-state index contributed by atoms with van der Waals surface area (Å²) >= 11 is 5.80. The van der Waals surface area contributed by atoms with Gasteiger partial charge in [-0.1, -0.05) is 11.6 Å². The second kappa shape index (κ2) is 2.92. The summed E-state index contributed by atoms with van der Waals surface area (Å²) in [5, 5.41) is 1.31. The minimum Gasteiger partial charge on any atom is -0.397 e. The zero-order chi connectivity index (χ0) is 10.3. The number of nitrogens with two attached hydrogens (primary N) is 2. The van der Waals surface area contributed by atoms with Crippen molar-refractivity contribution in [2.45, 2.75) is 0 Å². The van der Waals surface area contributed by atoms with E-state index in [0.717, 1.165) is 5.39 Å². The van der Waals surface area contributed by atoms with E-state index in [0.29, 0.717) is 16.2 Å². The molecule has 0 aliphatic rings. The molecule has 0 unspecified atom stereocenters. The lowest BCUT2D eigenvalue weighted by Gasteiger charge is -1.98. The van der Waals surface area contributed by atoms with Crippen LogP contribution in [0.5, 0.6) is 0 Å². The van der Waals surface area contributed by atoms with Crippen molar-refractivity contribution in [2.24, 2.45) is 5.73 Å². The first-order valence-corrected chi connectivity index (χ1v) is 4.33. The molecule has 1 aromatic heterocycles. The summed E-state index contributed by atoms with van der Waals surface area (Å²) in [6.07, 6.45) is 1.49. The van der Waals surface area contributed by atoms with Crippen LogP contribution in [0.2, 0.25) is 5.02 Å². The number of fused-ring (bicyclic) bond motifs is 1. The van der Waals surface area contributed by atoms with Crippen LogP contribution in [0.15, 0.2) is 24.4 Å². The molecule has 0 saturated heterocycles. The van der Waals surface area contributed by atoms with Crippen LogP contribution in [0, 0.1) is 0 Å². The monoisotopic (exact) mass is 209 g/mol. The van der Waals surface area contributed by atoms with E-state index < -0.39 is 6.03 Å². The summed E-state index contributed by atoms with van der Waals surface area (Å²) in [4.78, 5) is 11.0. The number of halogens is 1. The maximum Gasteiger partial charge on any atom is 0.323 e. The van der Waals surface area contributed by atoms with Gasteiger partial charge in [0.1, 0.15) is 0 Å². The number of carbonyl (C=O) groups is 1. The molecule has 0 atom stereocenters. The fraction of sp³-hybridized carbons (Fsp3) is 0. The Kier molecular flexibility index (Phi) is 1.86. The molecular formula is C9H8ClN3O. The molecule has 72 valence electrons. The Balaban J connectivity index is 2.85. The van der Waals surface area contributed by atoms with Crippen molar-refractivity contribution in [3.05, 3.63) is 29.4 Å². The van der Waals surface area contributed by atoms with Crippen LogP contribution in [0.1, 0.15) is 0 Å². The van der Waals surface area contributed by atoms with Gasteiger partial charge in [-0.3, -0.25) is 4.57 Å². The Hall–Kier alpha value is -1.68. The maximum absolute atomic E-state index is 11.0. The molecule has 2 rings (SSSR count). The third kappa shape index (κ3) is 1.20. The minimum absolute atomic E-state index is 0.510. The zero-order valence-corrected chi connectivity index (χ0v) is 7.95. The van der Waals surface area contributed by atoms with Crippen LogP contribution in [0.3, 0.4) is 0 Å². The smallest absolute Gasteiger partial charge is 0.323 e. The molecule has 1 heterocycles.